The van der Waals surface area contributed by atoms with Crippen molar-refractivity contribution in [3.8, 4) is 0 Å². The highest BCUT2D eigenvalue weighted by atomic mass is 79.9. The van der Waals surface area contributed by atoms with Gasteiger partial charge in [0, 0.05) is 16.7 Å². The molecule has 1 unspecified atom stereocenters. The Labute approximate surface area is 126 Å². The lowest BCUT2D eigenvalue weighted by Gasteiger charge is -2.12. The number of sulfonamides is 1. The standard InChI is InChI=1S/C11H15BrN2O4S2/c12-10-6-8(3-4-11(10)13)20(17,18)14-7-9-2-1-5-19(9,15)16/h3-4,6,9,14H,1-2,5,7,13H2. The molecule has 0 bridgehead atoms. The summed E-state index contributed by atoms with van der Waals surface area (Å²) in [6, 6.07) is 4.25. The third-order valence-corrected chi connectivity index (χ3v) is 7.63. The smallest absolute Gasteiger partial charge is 0.240 e. The van der Waals surface area contributed by atoms with Gasteiger partial charge in [0.2, 0.25) is 10.0 Å². The van der Waals surface area contributed by atoms with Crippen LogP contribution in [0.5, 0.6) is 0 Å². The minimum atomic E-state index is -3.74. The predicted octanol–water partition coefficient (Wildman–Crippen LogP) is 0.887. The molecule has 2 rings (SSSR count). The van der Waals surface area contributed by atoms with E-state index in [1.165, 1.54) is 18.2 Å². The van der Waals surface area contributed by atoms with E-state index < -0.39 is 25.1 Å². The Balaban J connectivity index is 2.13. The molecule has 0 aromatic heterocycles. The van der Waals surface area contributed by atoms with Crippen molar-refractivity contribution in [2.45, 2.75) is 23.0 Å². The van der Waals surface area contributed by atoms with Crippen LogP contribution < -0.4 is 10.5 Å². The molecule has 1 fully saturated rings. The van der Waals surface area contributed by atoms with Crippen LogP contribution in [0.25, 0.3) is 0 Å². The molecule has 1 aromatic carbocycles. The van der Waals surface area contributed by atoms with Gasteiger partial charge < -0.3 is 5.73 Å². The van der Waals surface area contributed by atoms with Crippen molar-refractivity contribution >= 4 is 41.5 Å². The van der Waals surface area contributed by atoms with E-state index >= 15 is 0 Å². The Morgan fingerprint density at radius 1 is 1.40 bits per heavy atom. The zero-order valence-electron chi connectivity index (χ0n) is 10.5. The summed E-state index contributed by atoms with van der Waals surface area (Å²) in [5, 5.41) is -0.630. The van der Waals surface area contributed by atoms with Crippen LogP contribution in [0.1, 0.15) is 12.8 Å². The number of halogens is 1. The van der Waals surface area contributed by atoms with Crippen LogP contribution in [0.4, 0.5) is 5.69 Å². The quantitative estimate of drug-likeness (QED) is 0.751. The molecule has 0 amide bonds. The molecular formula is C11H15BrN2O4S2. The lowest BCUT2D eigenvalue weighted by atomic mass is 10.2. The molecule has 0 spiro atoms. The summed E-state index contributed by atoms with van der Waals surface area (Å²) < 4.78 is 50.3. The fraction of sp³-hybridized carbons (Fsp3) is 0.455. The molecule has 0 aliphatic carbocycles. The zero-order chi connectivity index (χ0) is 15.0. The van der Waals surface area contributed by atoms with Crippen molar-refractivity contribution in [3.05, 3.63) is 22.7 Å². The maximum atomic E-state index is 12.1. The Morgan fingerprint density at radius 3 is 2.65 bits per heavy atom. The van der Waals surface area contributed by atoms with Crippen LogP contribution in [-0.4, -0.2) is 34.4 Å². The average Bonchev–Trinajstić information content (AvgIpc) is 2.69. The minimum absolute atomic E-state index is 0.0500. The molecule has 1 aliphatic rings. The van der Waals surface area contributed by atoms with Gasteiger partial charge in [-0.3, -0.25) is 0 Å². The third-order valence-electron chi connectivity index (χ3n) is 3.25. The van der Waals surface area contributed by atoms with Crippen LogP contribution in [0.3, 0.4) is 0 Å². The van der Waals surface area contributed by atoms with Crippen molar-refractivity contribution in [3.63, 3.8) is 0 Å². The van der Waals surface area contributed by atoms with Crippen molar-refractivity contribution in [1.29, 1.82) is 0 Å². The molecule has 1 saturated heterocycles. The van der Waals surface area contributed by atoms with Gasteiger partial charge in [0.05, 0.1) is 15.9 Å². The van der Waals surface area contributed by atoms with Crippen molar-refractivity contribution in [2.24, 2.45) is 0 Å². The Morgan fingerprint density at radius 2 is 2.10 bits per heavy atom. The number of anilines is 1. The van der Waals surface area contributed by atoms with E-state index in [0.29, 0.717) is 23.0 Å². The number of nitrogens with one attached hydrogen (secondary N) is 1. The number of benzene rings is 1. The van der Waals surface area contributed by atoms with Gasteiger partial charge in [-0.25, -0.2) is 21.6 Å². The Kier molecular flexibility index (Phi) is 4.43. The lowest BCUT2D eigenvalue weighted by Crippen LogP contribution is -2.34. The second kappa shape index (κ2) is 5.63. The Hall–Kier alpha value is -0.640. The van der Waals surface area contributed by atoms with E-state index in [-0.39, 0.29) is 17.2 Å². The molecule has 1 heterocycles. The molecule has 1 aromatic rings. The van der Waals surface area contributed by atoms with E-state index in [1.807, 2.05) is 0 Å². The molecule has 112 valence electrons. The first kappa shape index (κ1) is 15.7. The summed E-state index contributed by atoms with van der Waals surface area (Å²) >= 11 is 3.16. The first-order valence-corrected chi connectivity index (χ1v) is 9.98. The molecule has 1 aliphatic heterocycles. The van der Waals surface area contributed by atoms with Crippen molar-refractivity contribution in [2.75, 3.05) is 18.0 Å². The van der Waals surface area contributed by atoms with Gasteiger partial charge in [-0.05, 0) is 47.0 Å². The first-order chi connectivity index (χ1) is 9.22. The summed E-state index contributed by atoms with van der Waals surface area (Å²) in [4.78, 5) is 0.0500. The van der Waals surface area contributed by atoms with Gasteiger partial charge in [0.15, 0.2) is 9.84 Å². The topological polar surface area (TPSA) is 106 Å². The Bertz CT molecular complexity index is 716. The van der Waals surface area contributed by atoms with E-state index in [2.05, 4.69) is 20.7 Å². The number of sulfone groups is 1. The highest BCUT2D eigenvalue weighted by Gasteiger charge is 2.32. The van der Waals surface area contributed by atoms with E-state index in [0.717, 1.165) is 0 Å². The third kappa shape index (κ3) is 3.33. The van der Waals surface area contributed by atoms with Crippen molar-refractivity contribution < 1.29 is 16.8 Å². The van der Waals surface area contributed by atoms with E-state index in [4.69, 9.17) is 5.73 Å². The van der Waals surface area contributed by atoms with Crippen LogP contribution in [0.15, 0.2) is 27.6 Å². The molecule has 0 saturated carbocycles. The monoisotopic (exact) mass is 382 g/mol. The van der Waals surface area contributed by atoms with Crippen LogP contribution in [0.2, 0.25) is 0 Å². The molecule has 0 radical (unpaired) electrons. The van der Waals surface area contributed by atoms with E-state index in [1.54, 1.807) is 0 Å². The first-order valence-electron chi connectivity index (χ1n) is 5.99. The second-order valence-electron chi connectivity index (χ2n) is 4.67. The van der Waals surface area contributed by atoms with Gasteiger partial charge in [-0.15, -0.1) is 0 Å². The van der Waals surface area contributed by atoms with Crippen molar-refractivity contribution in [1.82, 2.24) is 4.72 Å². The van der Waals surface area contributed by atoms with E-state index in [9.17, 15) is 16.8 Å². The SMILES string of the molecule is Nc1ccc(S(=O)(=O)NCC2CCCS2(=O)=O)cc1Br. The molecular weight excluding hydrogens is 368 g/mol. The van der Waals surface area contributed by atoms with Gasteiger partial charge in [0.25, 0.3) is 0 Å². The number of rotatable bonds is 4. The number of hydrogen-bond donors (Lipinski definition) is 2. The molecule has 20 heavy (non-hydrogen) atoms. The molecule has 9 heteroatoms. The van der Waals surface area contributed by atoms with Gasteiger partial charge in [-0.1, -0.05) is 0 Å². The summed E-state index contributed by atoms with van der Waals surface area (Å²) in [6.45, 7) is -0.0906. The second-order valence-corrected chi connectivity index (χ2v) is 9.69. The summed E-state index contributed by atoms with van der Waals surface area (Å²) in [5.41, 5.74) is 6.03. The zero-order valence-corrected chi connectivity index (χ0v) is 13.8. The summed E-state index contributed by atoms with van der Waals surface area (Å²) in [6.07, 6.45) is 1.08. The highest BCUT2D eigenvalue weighted by Crippen LogP contribution is 2.24. The maximum Gasteiger partial charge on any atom is 0.240 e. The van der Waals surface area contributed by atoms with Crippen LogP contribution in [0, 0.1) is 0 Å². The number of nitrogens with two attached hydrogens (primary N) is 1. The summed E-state index contributed by atoms with van der Waals surface area (Å²) in [7, 11) is -6.90. The molecule has 1 atom stereocenters. The maximum absolute atomic E-state index is 12.1. The average molecular weight is 383 g/mol. The van der Waals surface area contributed by atoms with Crippen LogP contribution >= 0.6 is 15.9 Å². The molecule has 3 N–H and O–H groups in total. The molecule has 6 nitrogen and oxygen atoms in total. The largest absolute Gasteiger partial charge is 0.398 e. The minimum Gasteiger partial charge on any atom is -0.398 e. The number of hydrogen-bond acceptors (Lipinski definition) is 5. The lowest BCUT2D eigenvalue weighted by molar-refractivity contribution is 0.571. The number of nitrogen functional groups attached to an aromatic ring is 1. The van der Waals surface area contributed by atoms with Gasteiger partial charge in [0.1, 0.15) is 0 Å². The van der Waals surface area contributed by atoms with Gasteiger partial charge >= 0.3 is 0 Å². The highest BCUT2D eigenvalue weighted by molar-refractivity contribution is 9.10. The van der Waals surface area contributed by atoms with Gasteiger partial charge in [-0.2, -0.15) is 0 Å². The fourth-order valence-electron chi connectivity index (χ4n) is 2.05. The van der Waals surface area contributed by atoms with Crippen LogP contribution in [-0.2, 0) is 19.9 Å². The normalized spacial score (nSPS) is 21.9. The predicted molar refractivity (Wildman–Crippen MR) is 80.6 cm³/mol. The fourth-order valence-corrected chi connectivity index (χ4v) is 5.56. The summed E-state index contributed by atoms with van der Waals surface area (Å²) in [5.74, 6) is 0.132.